The smallest absolute Gasteiger partial charge is 0.191 e. The van der Waals surface area contributed by atoms with Crippen molar-refractivity contribution in [3.05, 3.63) is 35.8 Å². The van der Waals surface area contributed by atoms with Crippen LogP contribution in [0, 0.1) is 6.92 Å². The summed E-state index contributed by atoms with van der Waals surface area (Å²) < 4.78 is 5.48. The summed E-state index contributed by atoms with van der Waals surface area (Å²) in [5.74, 6) is 2.82. The first kappa shape index (κ1) is 10.8. The van der Waals surface area contributed by atoms with Crippen LogP contribution in [0.5, 0.6) is 0 Å². The molecule has 2 heterocycles. The zero-order valence-corrected chi connectivity index (χ0v) is 9.55. The second-order valence-electron chi connectivity index (χ2n) is 3.96. The molecule has 0 atom stereocenters. The van der Waals surface area contributed by atoms with Crippen LogP contribution in [0.25, 0.3) is 0 Å². The summed E-state index contributed by atoms with van der Waals surface area (Å²) in [7, 11) is 0. The van der Waals surface area contributed by atoms with Crippen LogP contribution >= 0.6 is 0 Å². The standard InChI is InChI=1S/C12H17N3O/c1-9-7-14-12(15-8-9)13-6-5-11-4-3-10(2)16-11/h3-4H,1,5-8H2,2H3,(H2,13,14,15). The van der Waals surface area contributed by atoms with E-state index in [1.807, 2.05) is 19.1 Å². The molecule has 1 aliphatic rings. The molecule has 0 aromatic carbocycles. The SMILES string of the molecule is C=C1CN=C(NCCc2ccc(C)o2)NC1. The van der Waals surface area contributed by atoms with Crippen molar-refractivity contribution in [2.75, 3.05) is 19.6 Å². The number of rotatable bonds is 3. The molecule has 0 bridgehead atoms. The lowest BCUT2D eigenvalue weighted by atomic mass is 10.3. The number of aliphatic imine (C=N–C) groups is 1. The third-order valence-corrected chi connectivity index (χ3v) is 2.43. The van der Waals surface area contributed by atoms with E-state index in [9.17, 15) is 0 Å². The summed E-state index contributed by atoms with van der Waals surface area (Å²) in [6.45, 7) is 8.17. The van der Waals surface area contributed by atoms with Gasteiger partial charge in [0.1, 0.15) is 11.5 Å². The van der Waals surface area contributed by atoms with Gasteiger partial charge in [-0.3, -0.25) is 0 Å². The highest BCUT2D eigenvalue weighted by molar-refractivity contribution is 5.81. The summed E-state index contributed by atoms with van der Waals surface area (Å²) in [5, 5.41) is 6.41. The molecule has 16 heavy (non-hydrogen) atoms. The van der Waals surface area contributed by atoms with Gasteiger partial charge in [0.2, 0.25) is 0 Å². The molecule has 0 spiro atoms. The van der Waals surface area contributed by atoms with Crippen LogP contribution in [0.2, 0.25) is 0 Å². The second kappa shape index (κ2) is 4.88. The molecule has 1 aromatic heterocycles. The maximum absolute atomic E-state index is 5.48. The largest absolute Gasteiger partial charge is 0.466 e. The van der Waals surface area contributed by atoms with Crippen molar-refractivity contribution in [2.24, 2.45) is 4.99 Å². The molecule has 0 saturated heterocycles. The van der Waals surface area contributed by atoms with Gasteiger partial charge in [-0.2, -0.15) is 0 Å². The van der Waals surface area contributed by atoms with Crippen LogP contribution in [0.3, 0.4) is 0 Å². The highest BCUT2D eigenvalue weighted by atomic mass is 16.3. The highest BCUT2D eigenvalue weighted by Crippen LogP contribution is 2.06. The van der Waals surface area contributed by atoms with Crippen molar-refractivity contribution in [2.45, 2.75) is 13.3 Å². The van der Waals surface area contributed by atoms with Crippen molar-refractivity contribution < 1.29 is 4.42 Å². The predicted octanol–water partition coefficient (Wildman–Crippen LogP) is 1.24. The first-order chi connectivity index (χ1) is 7.74. The summed E-state index contributed by atoms with van der Waals surface area (Å²) in [6, 6.07) is 3.99. The molecular formula is C12H17N3O. The molecule has 4 nitrogen and oxygen atoms in total. The normalized spacial score (nSPS) is 15.6. The third-order valence-electron chi connectivity index (χ3n) is 2.43. The van der Waals surface area contributed by atoms with E-state index in [1.54, 1.807) is 0 Å². The molecule has 0 saturated carbocycles. The molecule has 0 fully saturated rings. The van der Waals surface area contributed by atoms with Crippen molar-refractivity contribution in [1.82, 2.24) is 10.6 Å². The number of nitrogens with zero attached hydrogens (tertiary/aromatic N) is 1. The van der Waals surface area contributed by atoms with Gasteiger partial charge in [0.15, 0.2) is 5.96 Å². The molecule has 86 valence electrons. The van der Waals surface area contributed by atoms with E-state index in [0.717, 1.165) is 49.1 Å². The van der Waals surface area contributed by atoms with E-state index < -0.39 is 0 Å². The summed E-state index contributed by atoms with van der Waals surface area (Å²) in [5.41, 5.74) is 1.12. The fraction of sp³-hybridized carbons (Fsp3) is 0.417. The average Bonchev–Trinajstić information content (AvgIpc) is 2.67. The first-order valence-electron chi connectivity index (χ1n) is 5.48. The Bertz CT molecular complexity index is 406. The molecule has 1 aliphatic heterocycles. The van der Waals surface area contributed by atoms with Gasteiger partial charge in [-0.15, -0.1) is 0 Å². The Morgan fingerprint density at radius 1 is 1.56 bits per heavy atom. The number of furan rings is 1. The van der Waals surface area contributed by atoms with Gasteiger partial charge in [0, 0.05) is 19.5 Å². The monoisotopic (exact) mass is 219 g/mol. The maximum Gasteiger partial charge on any atom is 0.191 e. The van der Waals surface area contributed by atoms with E-state index >= 15 is 0 Å². The fourth-order valence-electron chi connectivity index (χ4n) is 1.55. The topological polar surface area (TPSA) is 49.6 Å². The lowest BCUT2D eigenvalue weighted by Gasteiger charge is -2.17. The van der Waals surface area contributed by atoms with Gasteiger partial charge in [-0.05, 0) is 24.6 Å². The Hall–Kier alpha value is -1.71. The van der Waals surface area contributed by atoms with Gasteiger partial charge >= 0.3 is 0 Å². The van der Waals surface area contributed by atoms with Crippen LogP contribution in [0.4, 0.5) is 0 Å². The van der Waals surface area contributed by atoms with Crippen molar-refractivity contribution in [3.8, 4) is 0 Å². The lowest BCUT2D eigenvalue weighted by Crippen LogP contribution is -2.42. The Labute approximate surface area is 95.4 Å². The zero-order chi connectivity index (χ0) is 11.4. The predicted molar refractivity (Wildman–Crippen MR) is 64.6 cm³/mol. The molecule has 0 unspecified atom stereocenters. The number of guanidine groups is 1. The summed E-state index contributed by atoms with van der Waals surface area (Å²) in [6.07, 6.45) is 0.871. The molecule has 2 N–H and O–H groups in total. The van der Waals surface area contributed by atoms with Crippen LogP contribution in [0.15, 0.2) is 33.7 Å². The molecule has 4 heteroatoms. The fourth-order valence-corrected chi connectivity index (χ4v) is 1.55. The van der Waals surface area contributed by atoms with Crippen LogP contribution in [0.1, 0.15) is 11.5 Å². The van der Waals surface area contributed by atoms with E-state index in [4.69, 9.17) is 4.42 Å². The number of nitrogens with one attached hydrogen (secondary N) is 2. The molecule has 1 aromatic rings. The molecule has 0 radical (unpaired) electrons. The first-order valence-corrected chi connectivity index (χ1v) is 5.48. The molecular weight excluding hydrogens is 202 g/mol. The second-order valence-corrected chi connectivity index (χ2v) is 3.96. The Morgan fingerprint density at radius 3 is 3.06 bits per heavy atom. The Kier molecular flexibility index (Phi) is 3.29. The molecule has 0 aliphatic carbocycles. The highest BCUT2D eigenvalue weighted by Gasteiger charge is 2.05. The number of hydrogen-bond donors (Lipinski definition) is 2. The van der Waals surface area contributed by atoms with E-state index in [-0.39, 0.29) is 0 Å². The molecule has 2 rings (SSSR count). The minimum absolute atomic E-state index is 0.717. The van der Waals surface area contributed by atoms with Crippen LogP contribution in [-0.4, -0.2) is 25.6 Å². The van der Waals surface area contributed by atoms with Gasteiger partial charge in [-0.25, -0.2) is 4.99 Å². The van der Waals surface area contributed by atoms with E-state index in [2.05, 4.69) is 22.2 Å². The average molecular weight is 219 g/mol. The minimum atomic E-state index is 0.717. The Balaban J connectivity index is 1.74. The van der Waals surface area contributed by atoms with Crippen molar-refractivity contribution >= 4 is 5.96 Å². The Morgan fingerprint density at radius 2 is 2.44 bits per heavy atom. The van der Waals surface area contributed by atoms with Gasteiger partial charge < -0.3 is 15.1 Å². The van der Waals surface area contributed by atoms with Gasteiger partial charge in [0.05, 0.1) is 6.54 Å². The van der Waals surface area contributed by atoms with Crippen LogP contribution < -0.4 is 10.6 Å². The third kappa shape index (κ3) is 2.89. The van der Waals surface area contributed by atoms with Gasteiger partial charge in [-0.1, -0.05) is 6.58 Å². The number of aryl methyl sites for hydroxylation is 1. The quantitative estimate of drug-likeness (QED) is 0.752. The minimum Gasteiger partial charge on any atom is -0.466 e. The van der Waals surface area contributed by atoms with Crippen molar-refractivity contribution in [3.63, 3.8) is 0 Å². The van der Waals surface area contributed by atoms with Crippen molar-refractivity contribution in [1.29, 1.82) is 0 Å². The molecule has 0 amide bonds. The maximum atomic E-state index is 5.48. The van der Waals surface area contributed by atoms with E-state index in [0.29, 0.717) is 0 Å². The number of hydrogen-bond acceptors (Lipinski definition) is 4. The van der Waals surface area contributed by atoms with E-state index in [1.165, 1.54) is 0 Å². The summed E-state index contributed by atoms with van der Waals surface area (Å²) in [4.78, 5) is 4.31. The lowest BCUT2D eigenvalue weighted by molar-refractivity contribution is 0.481. The van der Waals surface area contributed by atoms with Crippen LogP contribution in [-0.2, 0) is 6.42 Å². The van der Waals surface area contributed by atoms with Gasteiger partial charge in [0.25, 0.3) is 0 Å². The zero-order valence-electron chi connectivity index (χ0n) is 9.55. The summed E-state index contributed by atoms with van der Waals surface area (Å²) >= 11 is 0.